The van der Waals surface area contributed by atoms with E-state index in [1.165, 1.54) is 12.1 Å². The summed E-state index contributed by atoms with van der Waals surface area (Å²) in [6.07, 6.45) is 2.48. The average molecular weight is 435 g/mol. The van der Waals surface area contributed by atoms with Crippen LogP contribution in [-0.4, -0.2) is 27.6 Å². The smallest absolute Gasteiger partial charge is 0.322 e. The lowest BCUT2D eigenvalue weighted by molar-refractivity contribution is 0.142. The van der Waals surface area contributed by atoms with Crippen LogP contribution in [0.3, 0.4) is 0 Å². The molecular formula is C20H17Cl2FN4O2. The number of carbonyl (C=O) groups is 1. The van der Waals surface area contributed by atoms with E-state index in [4.69, 9.17) is 27.7 Å². The van der Waals surface area contributed by atoms with Gasteiger partial charge in [0.25, 0.3) is 0 Å². The molecule has 6 nitrogen and oxygen atoms in total. The highest BCUT2D eigenvalue weighted by Crippen LogP contribution is 2.34. The summed E-state index contributed by atoms with van der Waals surface area (Å²) >= 11 is 12.3. The van der Waals surface area contributed by atoms with E-state index in [0.29, 0.717) is 46.0 Å². The zero-order chi connectivity index (χ0) is 20.4. The molecule has 2 heterocycles. The molecule has 1 saturated heterocycles. The first-order valence-corrected chi connectivity index (χ1v) is 9.89. The number of urea groups is 1. The van der Waals surface area contributed by atoms with Crippen molar-refractivity contribution in [2.24, 2.45) is 0 Å². The normalized spacial score (nSPS) is 16.7. The number of piperidine rings is 1. The second-order valence-corrected chi connectivity index (χ2v) is 7.51. The Labute approximate surface area is 176 Å². The van der Waals surface area contributed by atoms with Gasteiger partial charge in [-0.15, -0.1) is 0 Å². The number of carbonyl (C=O) groups excluding carboxylic acids is 1. The van der Waals surface area contributed by atoms with Gasteiger partial charge < -0.3 is 14.7 Å². The van der Waals surface area contributed by atoms with Gasteiger partial charge in [-0.25, -0.2) is 9.18 Å². The number of benzene rings is 2. The number of rotatable bonds is 3. The second kappa shape index (κ2) is 8.39. The van der Waals surface area contributed by atoms with E-state index in [-0.39, 0.29) is 17.9 Å². The SMILES string of the molecule is O=C(Nc1c(Cl)cccc1Cl)N1CCCC[C@@H]1c1nc(-c2ccc(F)cc2)no1. The van der Waals surface area contributed by atoms with Crippen molar-refractivity contribution in [3.05, 3.63) is 64.2 Å². The van der Waals surface area contributed by atoms with Gasteiger partial charge in [-0.1, -0.05) is 34.4 Å². The van der Waals surface area contributed by atoms with Crippen molar-refractivity contribution >= 4 is 34.9 Å². The molecule has 0 spiro atoms. The number of nitrogens with zero attached hydrogens (tertiary/aromatic N) is 3. The van der Waals surface area contributed by atoms with E-state index >= 15 is 0 Å². The standard InChI is InChI=1S/C20H17Cl2FN4O2/c21-14-4-3-5-15(22)17(14)24-20(28)27-11-2-1-6-16(27)19-25-18(26-29-19)12-7-9-13(23)10-8-12/h3-5,7-10,16H,1-2,6,11H2,(H,24,28)/t16-/m1/s1. The molecule has 0 aliphatic carbocycles. The van der Waals surface area contributed by atoms with E-state index < -0.39 is 0 Å². The van der Waals surface area contributed by atoms with E-state index in [1.807, 2.05) is 0 Å². The molecule has 1 aromatic heterocycles. The molecule has 1 atom stereocenters. The summed E-state index contributed by atoms with van der Waals surface area (Å²) in [4.78, 5) is 19.0. The van der Waals surface area contributed by atoms with Crippen molar-refractivity contribution in [2.75, 3.05) is 11.9 Å². The number of likely N-dealkylation sites (tertiary alicyclic amines) is 1. The van der Waals surface area contributed by atoms with E-state index in [0.717, 1.165) is 12.8 Å². The van der Waals surface area contributed by atoms with Crippen molar-refractivity contribution < 1.29 is 13.7 Å². The monoisotopic (exact) mass is 434 g/mol. The number of aromatic nitrogens is 2. The molecule has 150 valence electrons. The van der Waals surface area contributed by atoms with Crippen LogP contribution in [-0.2, 0) is 0 Å². The van der Waals surface area contributed by atoms with Gasteiger partial charge in [0.05, 0.1) is 15.7 Å². The Balaban J connectivity index is 1.56. The minimum atomic E-state index is -0.369. The maximum Gasteiger partial charge on any atom is 0.322 e. The average Bonchev–Trinajstić information content (AvgIpc) is 3.21. The minimum absolute atomic E-state index is 0.337. The molecule has 2 aromatic carbocycles. The molecule has 1 N–H and O–H groups in total. The minimum Gasteiger partial charge on any atom is -0.337 e. The molecule has 0 saturated carbocycles. The van der Waals surface area contributed by atoms with Crippen molar-refractivity contribution in [3.63, 3.8) is 0 Å². The lowest BCUT2D eigenvalue weighted by Gasteiger charge is -2.33. The summed E-state index contributed by atoms with van der Waals surface area (Å²) in [6, 6.07) is 10.1. The Kier molecular flexibility index (Phi) is 5.69. The van der Waals surface area contributed by atoms with Crippen molar-refractivity contribution in [1.29, 1.82) is 0 Å². The third-order valence-electron chi connectivity index (χ3n) is 4.79. The van der Waals surface area contributed by atoms with Crippen LogP contribution in [0.1, 0.15) is 31.2 Å². The van der Waals surface area contributed by atoms with Crippen molar-refractivity contribution in [1.82, 2.24) is 15.0 Å². The summed E-state index contributed by atoms with van der Waals surface area (Å²) in [7, 11) is 0. The van der Waals surface area contributed by atoms with Crippen LogP contribution in [0.2, 0.25) is 10.0 Å². The third kappa shape index (κ3) is 4.21. The molecule has 3 aromatic rings. The fourth-order valence-electron chi connectivity index (χ4n) is 3.31. The second-order valence-electron chi connectivity index (χ2n) is 6.69. The number of anilines is 1. The van der Waals surface area contributed by atoms with Gasteiger partial charge in [-0.2, -0.15) is 4.98 Å². The fourth-order valence-corrected chi connectivity index (χ4v) is 3.81. The van der Waals surface area contributed by atoms with E-state index in [9.17, 15) is 9.18 Å². The van der Waals surface area contributed by atoms with Crippen LogP contribution < -0.4 is 5.32 Å². The van der Waals surface area contributed by atoms with Gasteiger partial charge in [-0.05, 0) is 55.7 Å². The zero-order valence-electron chi connectivity index (χ0n) is 15.2. The molecule has 1 aliphatic heterocycles. The molecular weight excluding hydrogens is 418 g/mol. The maximum atomic E-state index is 13.1. The van der Waals surface area contributed by atoms with E-state index in [1.54, 1.807) is 35.2 Å². The third-order valence-corrected chi connectivity index (χ3v) is 5.42. The number of para-hydroxylation sites is 1. The van der Waals surface area contributed by atoms with Gasteiger partial charge >= 0.3 is 6.03 Å². The Morgan fingerprint density at radius 3 is 2.59 bits per heavy atom. The van der Waals surface area contributed by atoms with Crippen LogP contribution in [0.4, 0.5) is 14.9 Å². The molecule has 4 rings (SSSR count). The maximum absolute atomic E-state index is 13.1. The summed E-state index contributed by atoms with van der Waals surface area (Å²) < 4.78 is 18.6. The molecule has 0 radical (unpaired) electrons. The quantitative estimate of drug-likeness (QED) is 0.553. The first-order valence-electron chi connectivity index (χ1n) is 9.14. The Morgan fingerprint density at radius 1 is 1.14 bits per heavy atom. The number of halogens is 3. The molecule has 9 heteroatoms. The first-order chi connectivity index (χ1) is 14.0. The Morgan fingerprint density at radius 2 is 1.86 bits per heavy atom. The molecule has 2 amide bonds. The highest BCUT2D eigenvalue weighted by molar-refractivity contribution is 6.39. The summed E-state index contributed by atoms with van der Waals surface area (Å²) in [6.45, 7) is 0.535. The lowest BCUT2D eigenvalue weighted by Crippen LogP contribution is -2.41. The lowest BCUT2D eigenvalue weighted by atomic mass is 10.0. The van der Waals surface area contributed by atoms with E-state index in [2.05, 4.69) is 15.5 Å². The van der Waals surface area contributed by atoms with Crippen LogP contribution in [0, 0.1) is 5.82 Å². The van der Waals surface area contributed by atoms with Crippen LogP contribution in [0.25, 0.3) is 11.4 Å². The summed E-state index contributed by atoms with van der Waals surface area (Å²) in [5.74, 6) is 0.343. The van der Waals surface area contributed by atoms with Gasteiger partial charge in [-0.3, -0.25) is 0 Å². The number of hydrogen-bond acceptors (Lipinski definition) is 4. The van der Waals surface area contributed by atoms with Crippen LogP contribution >= 0.6 is 23.2 Å². The zero-order valence-corrected chi connectivity index (χ0v) is 16.8. The fraction of sp³-hybridized carbons (Fsp3) is 0.250. The van der Waals surface area contributed by atoms with Crippen LogP contribution in [0.5, 0.6) is 0 Å². The van der Waals surface area contributed by atoms with Gasteiger partial charge in [0, 0.05) is 12.1 Å². The van der Waals surface area contributed by atoms with Gasteiger partial charge in [0.1, 0.15) is 11.9 Å². The molecule has 0 unspecified atom stereocenters. The number of hydrogen-bond donors (Lipinski definition) is 1. The Bertz CT molecular complexity index is 1010. The largest absolute Gasteiger partial charge is 0.337 e. The molecule has 1 aliphatic rings. The topological polar surface area (TPSA) is 71.3 Å². The predicted molar refractivity (Wildman–Crippen MR) is 108 cm³/mol. The van der Waals surface area contributed by atoms with Gasteiger partial charge in [0.15, 0.2) is 0 Å². The highest BCUT2D eigenvalue weighted by atomic mass is 35.5. The molecule has 0 bridgehead atoms. The van der Waals surface area contributed by atoms with Gasteiger partial charge in [0.2, 0.25) is 11.7 Å². The number of nitrogens with one attached hydrogen (secondary N) is 1. The van der Waals surface area contributed by atoms with Crippen molar-refractivity contribution in [3.8, 4) is 11.4 Å². The summed E-state index contributed by atoms with van der Waals surface area (Å²) in [5, 5.41) is 7.49. The first kappa shape index (κ1) is 19.7. The highest BCUT2D eigenvalue weighted by Gasteiger charge is 2.32. The summed E-state index contributed by atoms with van der Waals surface area (Å²) in [5.41, 5.74) is 0.999. The van der Waals surface area contributed by atoms with Crippen molar-refractivity contribution in [2.45, 2.75) is 25.3 Å². The molecule has 29 heavy (non-hydrogen) atoms. The predicted octanol–water partition coefficient (Wildman–Crippen LogP) is 5.94. The molecule has 1 fully saturated rings. The van der Waals surface area contributed by atoms with Crippen LogP contribution in [0.15, 0.2) is 47.0 Å². The number of amides is 2. The Hall–Kier alpha value is -2.64.